The van der Waals surface area contributed by atoms with E-state index in [1.165, 1.54) is 13.2 Å². The van der Waals surface area contributed by atoms with Gasteiger partial charge in [0.1, 0.15) is 0 Å². The van der Waals surface area contributed by atoms with Gasteiger partial charge in [0.05, 0.1) is 7.11 Å². The predicted molar refractivity (Wildman–Crippen MR) is 90.6 cm³/mol. The molecule has 0 saturated carbocycles. The summed E-state index contributed by atoms with van der Waals surface area (Å²) in [5, 5.41) is 12.5. The Balaban J connectivity index is 1.78. The first kappa shape index (κ1) is 15.9. The van der Waals surface area contributed by atoms with Gasteiger partial charge in [-0.15, -0.1) is 0 Å². The summed E-state index contributed by atoms with van der Waals surface area (Å²) < 4.78 is 4.97. The van der Waals surface area contributed by atoms with Crippen molar-refractivity contribution in [2.45, 2.75) is 12.8 Å². The maximum Gasteiger partial charge on any atom is 0.255 e. The highest BCUT2D eigenvalue weighted by Crippen LogP contribution is 2.29. The van der Waals surface area contributed by atoms with E-state index < -0.39 is 0 Å². The Morgan fingerprint density at radius 1 is 1.25 bits per heavy atom. The molecule has 6 nitrogen and oxygen atoms in total. The SMILES string of the molecule is COc1ccc(NC(=O)c2cccc(N3CCCC3=O)c2)cc1O. The molecule has 2 aromatic rings. The molecule has 0 radical (unpaired) electrons. The third-order valence-corrected chi connectivity index (χ3v) is 3.93. The maximum absolute atomic E-state index is 12.4. The highest BCUT2D eigenvalue weighted by atomic mass is 16.5. The molecule has 0 spiro atoms. The third-order valence-electron chi connectivity index (χ3n) is 3.93. The van der Waals surface area contributed by atoms with Crippen LogP contribution in [0, 0.1) is 0 Å². The summed E-state index contributed by atoms with van der Waals surface area (Å²) in [6.07, 6.45) is 1.38. The fourth-order valence-electron chi connectivity index (χ4n) is 2.71. The number of phenolic OH excluding ortho intramolecular Hbond substituents is 1. The van der Waals surface area contributed by atoms with Gasteiger partial charge in [-0.25, -0.2) is 0 Å². The average molecular weight is 326 g/mol. The Hall–Kier alpha value is -3.02. The Labute approximate surface area is 139 Å². The third kappa shape index (κ3) is 3.17. The quantitative estimate of drug-likeness (QED) is 0.905. The van der Waals surface area contributed by atoms with Crippen LogP contribution in [-0.2, 0) is 4.79 Å². The zero-order chi connectivity index (χ0) is 17.1. The van der Waals surface area contributed by atoms with Gasteiger partial charge < -0.3 is 20.1 Å². The first-order valence-electron chi connectivity index (χ1n) is 7.67. The van der Waals surface area contributed by atoms with Crippen LogP contribution in [-0.4, -0.2) is 30.6 Å². The topological polar surface area (TPSA) is 78.9 Å². The maximum atomic E-state index is 12.4. The van der Waals surface area contributed by atoms with Gasteiger partial charge in [-0.1, -0.05) is 6.07 Å². The van der Waals surface area contributed by atoms with Crippen molar-refractivity contribution < 1.29 is 19.4 Å². The molecule has 0 aliphatic carbocycles. The summed E-state index contributed by atoms with van der Waals surface area (Å²) in [5.41, 5.74) is 1.63. The van der Waals surface area contributed by atoms with Crippen molar-refractivity contribution in [3.63, 3.8) is 0 Å². The normalized spacial score (nSPS) is 13.9. The minimum absolute atomic E-state index is 0.0493. The van der Waals surface area contributed by atoms with Gasteiger partial charge >= 0.3 is 0 Å². The lowest BCUT2D eigenvalue weighted by molar-refractivity contribution is -0.117. The number of benzene rings is 2. The summed E-state index contributed by atoms with van der Waals surface area (Å²) >= 11 is 0. The lowest BCUT2D eigenvalue weighted by Gasteiger charge is -2.16. The summed E-state index contributed by atoms with van der Waals surface area (Å²) in [6, 6.07) is 11.6. The lowest BCUT2D eigenvalue weighted by atomic mass is 10.1. The van der Waals surface area contributed by atoms with E-state index in [1.807, 2.05) is 6.07 Å². The number of amides is 2. The van der Waals surface area contributed by atoms with Crippen LogP contribution in [0.15, 0.2) is 42.5 Å². The average Bonchev–Trinajstić information content (AvgIpc) is 3.01. The molecule has 24 heavy (non-hydrogen) atoms. The van der Waals surface area contributed by atoms with E-state index in [0.717, 1.165) is 12.1 Å². The van der Waals surface area contributed by atoms with Gasteiger partial charge in [0.2, 0.25) is 5.91 Å². The number of nitrogens with zero attached hydrogens (tertiary/aromatic N) is 1. The van der Waals surface area contributed by atoms with Gasteiger partial charge in [0.15, 0.2) is 11.5 Å². The molecule has 6 heteroatoms. The van der Waals surface area contributed by atoms with Crippen molar-refractivity contribution in [3.05, 3.63) is 48.0 Å². The number of phenols is 1. The molecular formula is C18H18N2O4. The number of hydrogen-bond donors (Lipinski definition) is 2. The first-order valence-corrected chi connectivity index (χ1v) is 7.67. The van der Waals surface area contributed by atoms with Gasteiger partial charge in [-0.2, -0.15) is 0 Å². The van der Waals surface area contributed by atoms with Gasteiger partial charge in [0, 0.05) is 36.0 Å². The van der Waals surface area contributed by atoms with E-state index in [4.69, 9.17) is 4.74 Å². The monoisotopic (exact) mass is 326 g/mol. The molecule has 0 bridgehead atoms. The molecule has 124 valence electrons. The highest BCUT2D eigenvalue weighted by Gasteiger charge is 2.22. The van der Waals surface area contributed by atoms with E-state index in [2.05, 4.69) is 5.32 Å². The molecule has 0 unspecified atom stereocenters. The van der Waals surface area contributed by atoms with Crippen LogP contribution in [0.25, 0.3) is 0 Å². The van der Waals surface area contributed by atoms with E-state index in [1.54, 1.807) is 35.2 Å². The fourth-order valence-corrected chi connectivity index (χ4v) is 2.71. The highest BCUT2D eigenvalue weighted by molar-refractivity contribution is 6.05. The molecule has 2 N–H and O–H groups in total. The van der Waals surface area contributed by atoms with E-state index >= 15 is 0 Å². The number of methoxy groups -OCH3 is 1. The molecular weight excluding hydrogens is 308 g/mol. The number of rotatable bonds is 4. The zero-order valence-corrected chi connectivity index (χ0v) is 13.3. The molecule has 3 rings (SSSR count). The number of carbonyl (C=O) groups excluding carboxylic acids is 2. The van der Waals surface area contributed by atoms with Crippen LogP contribution in [0.1, 0.15) is 23.2 Å². The minimum atomic E-state index is -0.312. The molecule has 2 aromatic carbocycles. The Bertz CT molecular complexity index is 788. The van der Waals surface area contributed by atoms with E-state index in [9.17, 15) is 14.7 Å². The Morgan fingerprint density at radius 2 is 2.08 bits per heavy atom. The van der Waals surface area contributed by atoms with E-state index in [0.29, 0.717) is 30.0 Å². The standard InChI is InChI=1S/C18H18N2O4/c1-24-16-8-7-13(11-15(16)21)19-18(23)12-4-2-5-14(10-12)20-9-3-6-17(20)22/h2,4-5,7-8,10-11,21H,3,6,9H2,1H3,(H,19,23). The van der Waals surface area contributed by atoms with Crippen molar-refractivity contribution in [3.8, 4) is 11.5 Å². The largest absolute Gasteiger partial charge is 0.504 e. The second-order valence-electron chi connectivity index (χ2n) is 5.54. The molecule has 1 aliphatic heterocycles. The smallest absolute Gasteiger partial charge is 0.255 e. The minimum Gasteiger partial charge on any atom is -0.504 e. The molecule has 0 atom stereocenters. The van der Waals surface area contributed by atoms with Crippen LogP contribution in [0.2, 0.25) is 0 Å². The number of nitrogens with one attached hydrogen (secondary N) is 1. The van der Waals surface area contributed by atoms with Crippen molar-refractivity contribution in [1.29, 1.82) is 0 Å². The van der Waals surface area contributed by atoms with Crippen molar-refractivity contribution >= 4 is 23.2 Å². The summed E-state index contributed by atoms with van der Waals surface area (Å²) in [5.74, 6) is 0.0509. The van der Waals surface area contributed by atoms with Gasteiger partial charge in [-0.3, -0.25) is 9.59 Å². The number of anilines is 2. The van der Waals surface area contributed by atoms with Crippen molar-refractivity contribution in [1.82, 2.24) is 0 Å². The molecule has 2 amide bonds. The van der Waals surface area contributed by atoms with Gasteiger partial charge in [-0.05, 0) is 36.8 Å². The van der Waals surface area contributed by atoms with Gasteiger partial charge in [0.25, 0.3) is 5.91 Å². The Morgan fingerprint density at radius 3 is 2.75 bits per heavy atom. The second kappa shape index (κ2) is 6.62. The van der Waals surface area contributed by atoms with E-state index in [-0.39, 0.29) is 17.6 Å². The van der Waals surface area contributed by atoms with Crippen LogP contribution < -0.4 is 15.0 Å². The summed E-state index contributed by atoms with van der Waals surface area (Å²) in [6.45, 7) is 0.677. The second-order valence-corrected chi connectivity index (χ2v) is 5.54. The summed E-state index contributed by atoms with van der Waals surface area (Å²) in [4.78, 5) is 25.9. The van der Waals surface area contributed by atoms with Crippen molar-refractivity contribution in [2.24, 2.45) is 0 Å². The number of carbonyl (C=O) groups is 2. The first-order chi connectivity index (χ1) is 11.6. The van der Waals surface area contributed by atoms with Crippen LogP contribution in [0.5, 0.6) is 11.5 Å². The number of hydrogen-bond acceptors (Lipinski definition) is 4. The van der Waals surface area contributed by atoms with Crippen molar-refractivity contribution in [2.75, 3.05) is 23.9 Å². The van der Waals surface area contributed by atoms with Crippen LogP contribution in [0.3, 0.4) is 0 Å². The van der Waals surface area contributed by atoms with Crippen LogP contribution >= 0.6 is 0 Å². The predicted octanol–water partition coefficient (Wildman–Crippen LogP) is 2.78. The molecule has 1 heterocycles. The molecule has 1 aliphatic rings. The summed E-state index contributed by atoms with van der Waals surface area (Å²) in [7, 11) is 1.46. The molecule has 0 aromatic heterocycles. The van der Waals surface area contributed by atoms with Crippen LogP contribution in [0.4, 0.5) is 11.4 Å². The molecule has 1 fully saturated rings. The zero-order valence-electron chi connectivity index (χ0n) is 13.3. The Kier molecular flexibility index (Phi) is 4.37. The molecule has 1 saturated heterocycles. The lowest BCUT2D eigenvalue weighted by Crippen LogP contribution is -2.24. The number of aromatic hydroxyl groups is 1. The number of ether oxygens (including phenoxy) is 1. The fraction of sp³-hybridized carbons (Fsp3) is 0.222.